The molecule has 3 aromatic carbocycles. The van der Waals surface area contributed by atoms with Gasteiger partial charge in [-0.25, -0.2) is 4.39 Å². The number of aryl methyl sites for hydroxylation is 2. The van der Waals surface area contributed by atoms with Gasteiger partial charge in [0.15, 0.2) is 11.5 Å². The fourth-order valence-electron chi connectivity index (χ4n) is 3.08. The molecule has 0 aliphatic heterocycles. The number of hydrogen-bond acceptors (Lipinski definition) is 4. The molecule has 0 saturated heterocycles. The minimum atomic E-state index is -0.490. The highest BCUT2D eigenvalue weighted by atomic mass is 19.1. The van der Waals surface area contributed by atoms with Crippen LogP contribution in [0, 0.1) is 31.0 Å². The van der Waals surface area contributed by atoms with Crippen molar-refractivity contribution in [3.63, 3.8) is 0 Å². The zero-order valence-electron chi connectivity index (χ0n) is 18.8. The molecule has 0 heterocycles. The molecule has 6 heteroatoms. The molecule has 0 spiro atoms. The van der Waals surface area contributed by atoms with Gasteiger partial charge in [-0.2, -0.15) is 5.26 Å². The largest absolute Gasteiger partial charge is 0.490 e. The Kier molecular flexibility index (Phi) is 7.82. The van der Waals surface area contributed by atoms with Gasteiger partial charge in [0.25, 0.3) is 5.91 Å². The van der Waals surface area contributed by atoms with Crippen LogP contribution in [0.1, 0.15) is 29.2 Å². The number of nitriles is 1. The van der Waals surface area contributed by atoms with Gasteiger partial charge in [0.1, 0.15) is 24.1 Å². The van der Waals surface area contributed by atoms with Gasteiger partial charge in [-0.05, 0) is 85.5 Å². The third kappa shape index (κ3) is 6.44. The Bertz CT molecular complexity index is 1210. The first kappa shape index (κ1) is 23.6. The fraction of sp³-hybridized carbons (Fsp3) is 0.185. The Balaban J connectivity index is 1.77. The topological polar surface area (TPSA) is 71.3 Å². The predicted molar refractivity (Wildman–Crippen MR) is 126 cm³/mol. The average molecular weight is 445 g/mol. The van der Waals surface area contributed by atoms with Crippen molar-refractivity contribution in [1.29, 1.82) is 5.26 Å². The van der Waals surface area contributed by atoms with E-state index in [0.29, 0.717) is 29.4 Å². The van der Waals surface area contributed by atoms with E-state index in [-0.39, 0.29) is 18.0 Å². The van der Waals surface area contributed by atoms with Gasteiger partial charge in [0.2, 0.25) is 0 Å². The molecule has 0 radical (unpaired) electrons. The van der Waals surface area contributed by atoms with Crippen LogP contribution in [0.4, 0.5) is 10.1 Å². The first-order chi connectivity index (χ1) is 15.9. The van der Waals surface area contributed by atoms with Crippen LogP contribution in [0.5, 0.6) is 11.5 Å². The summed E-state index contributed by atoms with van der Waals surface area (Å²) >= 11 is 0. The Labute approximate surface area is 193 Å². The Morgan fingerprint density at radius 3 is 2.42 bits per heavy atom. The van der Waals surface area contributed by atoms with E-state index >= 15 is 0 Å². The Morgan fingerprint density at radius 1 is 1.00 bits per heavy atom. The van der Waals surface area contributed by atoms with Crippen molar-refractivity contribution in [1.82, 2.24) is 0 Å². The third-order valence-corrected chi connectivity index (χ3v) is 5.02. The highest BCUT2D eigenvalue weighted by Gasteiger charge is 2.12. The molecule has 1 N–H and O–H groups in total. The minimum Gasteiger partial charge on any atom is -0.490 e. The van der Waals surface area contributed by atoms with Crippen LogP contribution in [-0.2, 0) is 11.4 Å². The lowest BCUT2D eigenvalue weighted by molar-refractivity contribution is -0.112. The number of ether oxygens (including phenoxy) is 2. The van der Waals surface area contributed by atoms with Crippen LogP contribution in [0.15, 0.2) is 66.2 Å². The molecule has 0 bridgehead atoms. The van der Waals surface area contributed by atoms with Crippen LogP contribution in [0.3, 0.4) is 0 Å². The van der Waals surface area contributed by atoms with Crippen molar-refractivity contribution in [2.24, 2.45) is 0 Å². The van der Waals surface area contributed by atoms with E-state index in [2.05, 4.69) is 5.32 Å². The molecule has 1 amide bonds. The first-order valence-electron chi connectivity index (χ1n) is 10.5. The lowest BCUT2D eigenvalue weighted by Gasteiger charge is -2.13. The van der Waals surface area contributed by atoms with E-state index in [4.69, 9.17) is 9.47 Å². The molecule has 168 valence electrons. The Hall–Kier alpha value is -4.11. The number of carbonyl (C=O) groups excluding carboxylic acids is 1. The number of carbonyl (C=O) groups is 1. The number of rotatable bonds is 8. The number of nitrogens with zero attached hydrogens (tertiary/aromatic N) is 1. The lowest BCUT2D eigenvalue weighted by atomic mass is 10.1. The van der Waals surface area contributed by atoms with E-state index in [1.807, 2.05) is 39.0 Å². The third-order valence-electron chi connectivity index (χ3n) is 5.02. The second-order valence-corrected chi connectivity index (χ2v) is 7.48. The van der Waals surface area contributed by atoms with Crippen LogP contribution in [0.2, 0.25) is 0 Å². The van der Waals surface area contributed by atoms with Crippen molar-refractivity contribution in [3.05, 3.63) is 94.3 Å². The van der Waals surface area contributed by atoms with Crippen molar-refractivity contribution in [2.45, 2.75) is 27.4 Å². The Morgan fingerprint density at radius 2 is 1.76 bits per heavy atom. The maximum atomic E-state index is 13.1. The molecule has 0 aliphatic rings. The summed E-state index contributed by atoms with van der Waals surface area (Å²) in [4.78, 5) is 12.6. The summed E-state index contributed by atoms with van der Waals surface area (Å²) in [6, 6.07) is 18.8. The smallest absolute Gasteiger partial charge is 0.266 e. The number of amides is 1. The first-order valence-corrected chi connectivity index (χ1v) is 10.5. The predicted octanol–water partition coefficient (Wildman–Crippen LogP) is 5.97. The summed E-state index contributed by atoms with van der Waals surface area (Å²) in [5, 5.41) is 12.3. The van der Waals surface area contributed by atoms with Crippen molar-refractivity contribution < 1.29 is 18.7 Å². The summed E-state index contributed by atoms with van der Waals surface area (Å²) < 4.78 is 24.6. The van der Waals surface area contributed by atoms with Crippen molar-refractivity contribution >= 4 is 17.7 Å². The van der Waals surface area contributed by atoms with Gasteiger partial charge in [-0.3, -0.25) is 4.79 Å². The second kappa shape index (κ2) is 11.0. The summed E-state index contributed by atoms with van der Waals surface area (Å²) in [7, 11) is 0. The van der Waals surface area contributed by atoms with Crippen LogP contribution >= 0.6 is 0 Å². The van der Waals surface area contributed by atoms with Crippen LogP contribution in [-0.4, -0.2) is 12.5 Å². The molecule has 3 aromatic rings. The van der Waals surface area contributed by atoms with Crippen molar-refractivity contribution in [3.8, 4) is 17.6 Å². The molecule has 3 rings (SSSR count). The SMILES string of the molecule is CCOc1cc(/C=C(\C#N)C(=O)Nc2ccc(C)c(C)c2)ccc1OCc1ccc(F)cc1. The van der Waals surface area contributed by atoms with E-state index in [0.717, 1.165) is 16.7 Å². The standard InChI is InChI=1S/C27H25FN2O3/c1-4-32-26-15-21(8-12-25(26)33-17-20-6-9-23(28)10-7-20)14-22(16-29)27(31)30-24-11-5-18(2)19(3)13-24/h5-15H,4,17H2,1-3H3,(H,30,31)/b22-14+. The summed E-state index contributed by atoms with van der Waals surface area (Å²) in [5.74, 6) is 0.201. The second-order valence-electron chi connectivity index (χ2n) is 7.48. The molecule has 0 aliphatic carbocycles. The summed E-state index contributed by atoms with van der Waals surface area (Å²) in [5.41, 5.74) is 4.21. The van der Waals surface area contributed by atoms with E-state index in [9.17, 15) is 14.4 Å². The van der Waals surface area contributed by atoms with Gasteiger partial charge >= 0.3 is 0 Å². The summed E-state index contributed by atoms with van der Waals surface area (Å²) in [6.07, 6.45) is 1.50. The zero-order valence-corrected chi connectivity index (χ0v) is 18.8. The van der Waals surface area contributed by atoms with Crippen LogP contribution in [0.25, 0.3) is 6.08 Å². The van der Waals surface area contributed by atoms with Crippen molar-refractivity contribution in [2.75, 3.05) is 11.9 Å². The van der Waals surface area contributed by atoms with Crippen LogP contribution < -0.4 is 14.8 Å². The van der Waals surface area contributed by atoms with Gasteiger partial charge in [-0.1, -0.05) is 24.3 Å². The number of nitrogens with one attached hydrogen (secondary N) is 1. The van der Waals surface area contributed by atoms with Gasteiger partial charge in [-0.15, -0.1) is 0 Å². The monoisotopic (exact) mass is 444 g/mol. The molecular formula is C27H25FN2O3. The van der Waals surface area contributed by atoms with E-state index in [1.54, 1.807) is 36.4 Å². The number of hydrogen-bond donors (Lipinski definition) is 1. The molecule has 0 atom stereocenters. The molecule has 5 nitrogen and oxygen atoms in total. The molecular weight excluding hydrogens is 419 g/mol. The number of benzene rings is 3. The zero-order chi connectivity index (χ0) is 23.8. The fourth-order valence-corrected chi connectivity index (χ4v) is 3.08. The maximum absolute atomic E-state index is 13.1. The number of anilines is 1. The minimum absolute atomic E-state index is 0.0318. The number of halogens is 1. The van der Waals surface area contributed by atoms with Gasteiger partial charge < -0.3 is 14.8 Å². The van der Waals surface area contributed by atoms with E-state index < -0.39 is 5.91 Å². The highest BCUT2D eigenvalue weighted by molar-refractivity contribution is 6.09. The molecule has 0 saturated carbocycles. The summed E-state index contributed by atoms with van der Waals surface area (Å²) in [6.45, 7) is 6.46. The lowest BCUT2D eigenvalue weighted by Crippen LogP contribution is -2.13. The quantitative estimate of drug-likeness (QED) is 0.343. The molecule has 0 fully saturated rings. The van der Waals surface area contributed by atoms with E-state index in [1.165, 1.54) is 18.2 Å². The average Bonchev–Trinajstić information content (AvgIpc) is 2.80. The van der Waals surface area contributed by atoms with Gasteiger partial charge in [0.05, 0.1) is 6.61 Å². The normalized spacial score (nSPS) is 10.9. The highest BCUT2D eigenvalue weighted by Crippen LogP contribution is 2.30. The van der Waals surface area contributed by atoms with Gasteiger partial charge in [0, 0.05) is 5.69 Å². The maximum Gasteiger partial charge on any atom is 0.266 e. The molecule has 33 heavy (non-hydrogen) atoms. The molecule has 0 unspecified atom stereocenters. The molecule has 0 aromatic heterocycles.